The molecule has 36 heavy (non-hydrogen) atoms. The summed E-state index contributed by atoms with van der Waals surface area (Å²) < 4.78 is 27.2. The number of nitrogens with one attached hydrogen (secondary N) is 1. The molecule has 1 heterocycles. The average Bonchev–Trinajstić information content (AvgIpc) is 2.85. The first-order valence-electron chi connectivity index (χ1n) is 11.7. The summed E-state index contributed by atoms with van der Waals surface area (Å²) in [7, 11) is 1.39. The molecule has 0 aliphatic rings. The van der Waals surface area contributed by atoms with Crippen LogP contribution in [-0.4, -0.2) is 55.0 Å². The number of nitrogens with zero attached hydrogens (tertiary/aromatic N) is 1. The highest BCUT2D eigenvalue weighted by Crippen LogP contribution is 2.29. The van der Waals surface area contributed by atoms with Crippen LogP contribution in [0.1, 0.15) is 51.5 Å². The van der Waals surface area contributed by atoms with E-state index in [2.05, 4.69) is 10.3 Å². The van der Waals surface area contributed by atoms with Crippen LogP contribution in [0.2, 0.25) is 0 Å². The third-order valence-corrected chi connectivity index (χ3v) is 5.20. The van der Waals surface area contributed by atoms with Gasteiger partial charge in [-0.2, -0.15) is 0 Å². The number of rotatable bonds is 13. The lowest BCUT2D eigenvalue weighted by molar-refractivity contribution is -0.156. The fraction of sp³-hybridized carbons (Fsp3) is 0.462. The quantitative estimate of drug-likeness (QED) is 0.324. The summed E-state index contributed by atoms with van der Waals surface area (Å²) in [5, 5.41) is 2.64. The van der Waals surface area contributed by atoms with Crippen LogP contribution < -0.4 is 19.5 Å². The van der Waals surface area contributed by atoms with Crippen LogP contribution in [0, 0.1) is 5.92 Å². The number of amides is 1. The Hall–Kier alpha value is -3.82. The number of hydrogen-bond donors (Lipinski definition) is 1. The second-order valence-corrected chi connectivity index (χ2v) is 8.30. The van der Waals surface area contributed by atoms with Gasteiger partial charge in [0.2, 0.25) is 6.79 Å². The van der Waals surface area contributed by atoms with Crippen molar-refractivity contribution >= 4 is 17.8 Å². The molecule has 0 bridgehead atoms. The van der Waals surface area contributed by atoms with Gasteiger partial charge in [-0.1, -0.05) is 39.0 Å². The minimum Gasteiger partial charge on any atom is -0.493 e. The second kappa shape index (κ2) is 13.9. The van der Waals surface area contributed by atoms with Crippen LogP contribution in [0.4, 0.5) is 0 Å². The molecule has 10 nitrogen and oxygen atoms in total. The van der Waals surface area contributed by atoms with Crippen molar-refractivity contribution in [1.29, 1.82) is 0 Å². The van der Waals surface area contributed by atoms with Crippen molar-refractivity contribution in [2.24, 2.45) is 5.92 Å². The third-order valence-electron chi connectivity index (χ3n) is 5.20. The van der Waals surface area contributed by atoms with E-state index < -0.39 is 42.9 Å². The normalized spacial score (nSPS) is 13.2. The molecule has 3 atom stereocenters. The highest BCUT2D eigenvalue weighted by Gasteiger charge is 2.31. The Bertz CT molecular complexity index is 1010. The minimum absolute atomic E-state index is 0.0218. The first-order valence-corrected chi connectivity index (χ1v) is 11.7. The topological polar surface area (TPSA) is 122 Å². The number of aromatic nitrogens is 1. The molecule has 1 aromatic heterocycles. The Balaban J connectivity index is 2.12. The van der Waals surface area contributed by atoms with Gasteiger partial charge in [0.25, 0.3) is 5.91 Å². The van der Waals surface area contributed by atoms with Gasteiger partial charge in [0.05, 0.1) is 7.11 Å². The monoisotopic (exact) mass is 502 g/mol. The van der Waals surface area contributed by atoms with E-state index in [9.17, 15) is 14.4 Å². The van der Waals surface area contributed by atoms with E-state index in [0.29, 0.717) is 5.75 Å². The van der Waals surface area contributed by atoms with Gasteiger partial charge >= 0.3 is 11.9 Å². The van der Waals surface area contributed by atoms with Gasteiger partial charge in [-0.15, -0.1) is 0 Å². The van der Waals surface area contributed by atoms with E-state index in [1.54, 1.807) is 13.8 Å². The molecule has 0 saturated heterocycles. The standard InChI is InChI=1S/C26H34N2O8/c1-7-20(26(31)35-17(4)23(16(2)3)36-19-11-9-8-10-12-19)28-25(30)22-24(34-15-33-18(5)29)21(32-6)13-14-27-22/h8-14,16-17,20,23H,7,15H2,1-6H3,(H,28,30)/t17-,20-,23+/m0/s1. The van der Waals surface area contributed by atoms with Gasteiger partial charge in [-0.05, 0) is 31.4 Å². The second-order valence-electron chi connectivity index (χ2n) is 8.30. The van der Waals surface area contributed by atoms with Crippen LogP contribution in [0.15, 0.2) is 42.6 Å². The van der Waals surface area contributed by atoms with Crippen LogP contribution in [-0.2, 0) is 19.1 Å². The van der Waals surface area contributed by atoms with Crippen molar-refractivity contribution in [2.45, 2.75) is 59.3 Å². The Morgan fingerprint density at radius 2 is 1.75 bits per heavy atom. The van der Waals surface area contributed by atoms with Crippen molar-refractivity contribution in [3.8, 4) is 17.2 Å². The van der Waals surface area contributed by atoms with Crippen molar-refractivity contribution in [1.82, 2.24) is 10.3 Å². The van der Waals surface area contributed by atoms with Crippen LogP contribution in [0.5, 0.6) is 17.2 Å². The Morgan fingerprint density at radius 1 is 1.06 bits per heavy atom. The molecule has 2 aromatic rings. The van der Waals surface area contributed by atoms with E-state index in [0.717, 1.165) is 0 Å². The molecule has 1 aromatic carbocycles. The van der Waals surface area contributed by atoms with Crippen molar-refractivity contribution in [3.05, 3.63) is 48.3 Å². The molecule has 0 saturated carbocycles. The maximum absolute atomic E-state index is 13.0. The maximum Gasteiger partial charge on any atom is 0.329 e. The smallest absolute Gasteiger partial charge is 0.329 e. The zero-order valence-corrected chi connectivity index (χ0v) is 21.5. The van der Waals surface area contributed by atoms with E-state index in [1.807, 2.05) is 44.2 Å². The van der Waals surface area contributed by atoms with Crippen molar-refractivity contribution in [2.75, 3.05) is 13.9 Å². The number of esters is 2. The molecule has 196 valence electrons. The highest BCUT2D eigenvalue weighted by atomic mass is 16.7. The summed E-state index contributed by atoms with van der Waals surface area (Å²) in [5.41, 5.74) is -0.131. The summed E-state index contributed by atoms with van der Waals surface area (Å²) in [6, 6.07) is 9.83. The van der Waals surface area contributed by atoms with Crippen molar-refractivity contribution < 1.29 is 38.1 Å². The lowest BCUT2D eigenvalue weighted by Gasteiger charge is -2.29. The van der Waals surface area contributed by atoms with E-state index in [1.165, 1.54) is 26.3 Å². The Morgan fingerprint density at radius 3 is 2.33 bits per heavy atom. The predicted molar refractivity (Wildman–Crippen MR) is 131 cm³/mol. The van der Waals surface area contributed by atoms with Crippen molar-refractivity contribution in [3.63, 3.8) is 0 Å². The Kier molecular flexibility index (Phi) is 11.0. The minimum atomic E-state index is -0.946. The molecule has 10 heteroatoms. The molecule has 2 rings (SSSR count). The summed E-state index contributed by atoms with van der Waals surface area (Å²) in [4.78, 5) is 41.1. The fourth-order valence-corrected chi connectivity index (χ4v) is 3.38. The van der Waals surface area contributed by atoms with Gasteiger partial charge in [0.15, 0.2) is 17.2 Å². The molecular formula is C26H34N2O8. The molecule has 0 aliphatic carbocycles. The molecule has 0 spiro atoms. The highest BCUT2D eigenvalue weighted by molar-refractivity contribution is 5.98. The van der Waals surface area contributed by atoms with Gasteiger partial charge < -0.3 is 29.0 Å². The first kappa shape index (κ1) is 28.4. The fourth-order valence-electron chi connectivity index (χ4n) is 3.38. The molecular weight excluding hydrogens is 468 g/mol. The van der Waals surface area contributed by atoms with Crippen LogP contribution in [0.25, 0.3) is 0 Å². The largest absolute Gasteiger partial charge is 0.493 e. The van der Waals surface area contributed by atoms with Crippen LogP contribution in [0.3, 0.4) is 0 Å². The van der Waals surface area contributed by atoms with Crippen LogP contribution >= 0.6 is 0 Å². The summed E-state index contributed by atoms with van der Waals surface area (Å²) in [5.74, 6) is -0.918. The predicted octanol–water partition coefficient (Wildman–Crippen LogP) is 3.53. The number of hydrogen-bond acceptors (Lipinski definition) is 9. The average molecular weight is 503 g/mol. The molecule has 0 fully saturated rings. The van der Waals surface area contributed by atoms with Gasteiger partial charge in [0, 0.05) is 19.2 Å². The molecule has 1 N–H and O–H groups in total. The third kappa shape index (κ3) is 8.14. The Labute approximate surface area is 211 Å². The van der Waals surface area contributed by atoms with E-state index >= 15 is 0 Å². The zero-order valence-electron chi connectivity index (χ0n) is 21.5. The summed E-state index contributed by atoms with van der Waals surface area (Å²) in [6.45, 7) is 8.24. The lowest BCUT2D eigenvalue weighted by Crippen LogP contribution is -2.45. The number of pyridine rings is 1. The molecule has 0 aliphatic heterocycles. The molecule has 0 unspecified atom stereocenters. The van der Waals surface area contributed by atoms with Gasteiger partial charge in [0.1, 0.15) is 24.0 Å². The number of carbonyl (C=O) groups is 3. The number of ether oxygens (including phenoxy) is 5. The lowest BCUT2D eigenvalue weighted by atomic mass is 10.0. The van der Waals surface area contributed by atoms with Gasteiger partial charge in [-0.25, -0.2) is 9.78 Å². The number of carbonyl (C=O) groups excluding carboxylic acids is 3. The molecule has 1 amide bonds. The number of para-hydroxylation sites is 1. The van der Waals surface area contributed by atoms with E-state index in [4.69, 9.17) is 23.7 Å². The number of methoxy groups -OCH3 is 1. The van der Waals surface area contributed by atoms with Gasteiger partial charge in [-0.3, -0.25) is 9.59 Å². The summed E-state index contributed by atoms with van der Waals surface area (Å²) >= 11 is 0. The van der Waals surface area contributed by atoms with E-state index in [-0.39, 0.29) is 29.5 Å². The maximum atomic E-state index is 13.0. The molecule has 0 radical (unpaired) electrons. The first-order chi connectivity index (χ1) is 17.2. The zero-order chi connectivity index (χ0) is 26.7. The number of benzene rings is 1. The SMILES string of the molecule is CC[C@H](NC(=O)c1nccc(OC)c1OCOC(C)=O)C(=O)O[C@@H](C)[C@H](Oc1ccccc1)C(C)C. The summed E-state index contributed by atoms with van der Waals surface area (Å²) in [6.07, 6.45) is 0.658.